The molecule has 0 aliphatic carbocycles. The van der Waals surface area contributed by atoms with Gasteiger partial charge in [0.25, 0.3) is 0 Å². The number of nitrogens with zero attached hydrogens (tertiary/aromatic N) is 7. The van der Waals surface area contributed by atoms with Crippen LogP contribution < -0.4 is 4.90 Å². The summed E-state index contributed by atoms with van der Waals surface area (Å²) in [5.74, 6) is 0.948. The maximum Gasteiger partial charge on any atom is 0.193 e. The third-order valence-electron chi connectivity index (χ3n) is 6.10. The molecule has 0 saturated carbocycles. The highest BCUT2D eigenvalue weighted by atomic mass is 35.5. The number of Topliss-reactive ketones (excluding diaryl/α,β-unsaturated/α-hetero) is 1. The Morgan fingerprint density at radius 2 is 2.06 bits per heavy atom. The molecule has 5 heterocycles. The van der Waals surface area contributed by atoms with Crippen molar-refractivity contribution in [2.75, 3.05) is 31.7 Å². The minimum absolute atomic E-state index is 0.0626. The van der Waals surface area contributed by atoms with Crippen molar-refractivity contribution in [2.45, 2.75) is 32.6 Å². The fourth-order valence-corrected chi connectivity index (χ4v) is 5.70. The van der Waals surface area contributed by atoms with Crippen molar-refractivity contribution in [1.82, 2.24) is 29.9 Å². The Balaban J connectivity index is 1.39. The maximum absolute atomic E-state index is 13.2. The summed E-state index contributed by atoms with van der Waals surface area (Å²) >= 11 is 7.97. The van der Waals surface area contributed by atoms with E-state index in [2.05, 4.69) is 25.1 Å². The largest absolute Gasteiger partial charge is 0.384 e. The van der Waals surface area contributed by atoms with Crippen LogP contribution in [0.1, 0.15) is 29.0 Å². The number of thiazole rings is 1. The molecule has 0 amide bonds. The molecule has 35 heavy (non-hydrogen) atoms. The summed E-state index contributed by atoms with van der Waals surface area (Å²) < 4.78 is 5.43. The lowest BCUT2D eigenvalue weighted by atomic mass is 9.96. The van der Waals surface area contributed by atoms with Crippen LogP contribution in [0.5, 0.6) is 0 Å². The highest BCUT2D eigenvalue weighted by Gasteiger charge is 2.26. The quantitative estimate of drug-likeness (QED) is 0.352. The Kier molecular flexibility index (Phi) is 7.03. The molecule has 4 aromatic heterocycles. The van der Waals surface area contributed by atoms with E-state index in [-0.39, 0.29) is 18.6 Å². The second-order valence-electron chi connectivity index (χ2n) is 8.79. The molecule has 0 spiro atoms. The van der Waals surface area contributed by atoms with Gasteiger partial charge in [-0.05, 0) is 37.3 Å². The van der Waals surface area contributed by atoms with Crippen LogP contribution in [0, 0.1) is 12.8 Å². The summed E-state index contributed by atoms with van der Waals surface area (Å²) in [5.41, 5.74) is 3.57. The van der Waals surface area contributed by atoms with E-state index in [0.717, 1.165) is 64.7 Å². The van der Waals surface area contributed by atoms with E-state index in [1.54, 1.807) is 43.1 Å². The summed E-state index contributed by atoms with van der Waals surface area (Å²) in [7, 11) is 1.75. The van der Waals surface area contributed by atoms with Crippen LogP contribution in [0.25, 0.3) is 16.2 Å². The van der Waals surface area contributed by atoms with Crippen molar-refractivity contribution in [3.05, 3.63) is 52.0 Å². The van der Waals surface area contributed by atoms with Crippen molar-refractivity contribution in [3.63, 3.8) is 0 Å². The number of ketones is 1. The molecule has 182 valence electrons. The molecule has 1 saturated heterocycles. The van der Waals surface area contributed by atoms with E-state index >= 15 is 0 Å². The number of methoxy groups -OCH3 is 1. The Labute approximate surface area is 212 Å². The number of carbonyl (C=O) groups is 1. The number of anilines is 1. The number of halogens is 1. The first-order valence-corrected chi connectivity index (χ1v) is 12.7. The molecule has 0 bridgehead atoms. The Morgan fingerprint density at radius 1 is 1.23 bits per heavy atom. The minimum atomic E-state index is 0.0626. The summed E-state index contributed by atoms with van der Waals surface area (Å²) in [6, 6.07) is 1.75. The second kappa shape index (κ2) is 10.3. The molecular weight excluding hydrogens is 486 g/mol. The van der Waals surface area contributed by atoms with E-state index in [1.807, 2.05) is 13.1 Å². The molecule has 1 atom stereocenters. The van der Waals surface area contributed by atoms with Gasteiger partial charge in [-0.1, -0.05) is 22.9 Å². The number of ether oxygens (including phenoxy) is 1. The van der Waals surface area contributed by atoms with Crippen molar-refractivity contribution < 1.29 is 9.53 Å². The number of aryl methyl sites for hydroxylation is 1. The van der Waals surface area contributed by atoms with E-state index in [4.69, 9.17) is 21.3 Å². The predicted octanol–water partition coefficient (Wildman–Crippen LogP) is 3.85. The van der Waals surface area contributed by atoms with Crippen LogP contribution >= 0.6 is 22.9 Å². The van der Waals surface area contributed by atoms with Gasteiger partial charge in [0.15, 0.2) is 5.82 Å². The minimum Gasteiger partial charge on any atom is -0.384 e. The molecule has 1 fully saturated rings. The predicted molar refractivity (Wildman–Crippen MR) is 136 cm³/mol. The zero-order chi connectivity index (χ0) is 24.4. The van der Waals surface area contributed by atoms with Crippen molar-refractivity contribution >= 4 is 44.8 Å². The SMILES string of the molecule is COCC1CCCN(c2c(CC(=O)Cc3cnc(-n4nccn4)c(Cl)c3)cnc3sc(C)nc23)C1. The molecule has 1 aliphatic heterocycles. The lowest BCUT2D eigenvalue weighted by Gasteiger charge is -2.35. The van der Waals surface area contributed by atoms with Crippen LogP contribution in [0.3, 0.4) is 0 Å². The molecular formula is C24H26ClN7O2S. The first-order chi connectivity index (χ1) is 17.0. The highest BCUT2D eigenvalue weighted by Crippen LogP contribution is 2.35. The average molecular weight is 512 g/mol. The highest BCUT2D eigenvalue weighted by molar-refractivity contribution is 7.18. The van der Waals surface area contributed by atoms with Gasteiger partial charge in [0.2, 0.25) is 0 Å². The smallest absolute Gasteiger partial charge is 0.193 e. The van der Waals surface area contributed by atoms with E-state index in [9.17, 15) is 4.79 Å². The topological polar surface area (TPSA) is 98.9 Å². The van der Waals surface area contributed by atoms with E-state index in [0.29, 0.717) is 16.8 Å². The lowest BCUT2D eigenvalue weighted by molar-refractivity contribution is -0.117. The zero-order valence-electron chi connectivity index (χ0n) is 19.6. The van der Waals surface area contributed by atoms with E-state index < -0.39 is 0 Å². The Bertz CT molecular complexity index is 1340. The number of aromatic nitrogens is 6. The molecule has 0 N–H and O–H groups in total. The van der Waals surface area contributed by atoms with E-state index in [1.165, 1.54) is 4.80 Å². The standard InChI is InChI=1S/C24H26ClN7O2S/c1-15-30-21-22(31-7-3-4-16(13-31)14-34-2)18(12-27-24(21)35-15)10-19(33)8-17-9-20(25)23(26-11-17)32-28-5-6-29-32/h5-6,9,11-12,16H,3-4,7-8,10,13-14H2,1-2H3. The number of piperidine rings is 1. The molecule has 0 aromatic carbocycles. The van der Waals surface area contributed by atoms with Gasteiger partial charge in [0.1, 0.15) is 16.1 Å². The van der Waals surface area contributed by atoms with Gasteiger partial charge in [-0.25, -0.2) is 15.0 Å². The fourth-order valence-electron chi connectivity index (χ4n) is 4.67. The van der Waals surface area contributed by atoms with Gasteiger partial charge in [-0.2, -0.15) is 10.2 Å². The summed E-state index contributed by atoms with van der Waals surface area (Å²) in [6.45, 7) is 4.53. The normalized spacial score (nSPS) is 16.2. The number of pyridine rings is 2. The van der Waals surface area contributed by atoms with Crippen LogP contribution in [-0.4, -0.2) is 62.5 Å². The monoisotopic (exact) mass is 511 g/mol. The molecule has 1 aliphatic rings. The number of hydrogen-bond acceptors (Lipinski definition) is 9. The Hall–Kier alpha value is -2.95. The van der Waals surface area contributed by atoms with Gasteiger partial charge < -0.3 is 9.64 Å². The first-order valence-electron chi connectivity index (χ1n) is 11.5. The summed E-state index contributed by atoms with van der Waals surface area (Å²) in [4.78, 5) is 31.6. The number of carbonyl (C=O) groups excluding carboxylic acids is 1. The number of fused-ring (bicyclic) bond motifs is 1. The molecule has 9 nitrogen and oxygen atoms in total. The van der Waals surface area contributed by atoms with Crippen LogP contribution in [-0.2, 0) is 22.4 Å². The molecule has 11 heteroatoms. The maximum atomic E-state index is 13.2. The van der Waals surface area contributed by atoms with Crippen molar-refractivity contribution in [2.24, 2.45) is 5.92 Å². The summed E-state index contributed by atoms with van der Waals surface area (Å²) in [6.07, 6.45) is 9.30. The molecule has 1 unspecified atom stereocenters. The third kappa shape index (κ3) is 5.19. The molecule has 5 rings (SSSR count). The van der Waals surface area contributed by atoms with Crippen LogP contribution in [0.15, 0.2) is 30.9 Å². The van der Waals surface area contributed by atoms with Gasteiger partial charge >= 0.3 is 0 Å². The third-order valence-corrected chi connectivity index (χ3v) is 7.25. The van der Waals surface area contributed by atoms with Gasteiger partial charge in [-0.3, -0.25) is 4.79 Å². The van der Waals surface area contributed by atoms with Crippen LogP contribution in [0.2, 0.25) is 5.02 Å². The van der Waals surface area contributed by atoms with Gasteiger partial charge in [0.05, 0.1) is 34.7 Å². The van der Waals surface area contributed by atoms with Crippen molar-refractivity contribution in [1.29, 1.82) is 0 Å². The molecule has 4 aromatic rings. The fraction of sp³-hybridized carbons (Fsp3) is 0.417. The number of rotatable bonds is 8. The Morgan fingerprint density at radius 3 is 2.83 bits per heavy atom. The number of hydrogen-bond donors (Lipinski definition) is 0. The summed E-state index contributed by atoms with van der Waals surface area (Å²) in [5, 5.41) is 9.48. The van der Waals surface area contributed by atoms with Gasteiger partial charge in [-0.15, -0.1) is 4.80 Å². The molecule has 0 radical (unpaired) electrons. The van der Waals surface area contributed by atoms with Gasteiger partial charge in [0, 0.05) is 51.0 Å². The van der Waals surface area contributed by atoms with Crippen molar-refractivity contribution in [3.8, 4) is 5.82 Å². The first kappa shape index (κ1) is 23.8. The lowest BCUT2D eigenvalue weighted by Crippen LogP contribution is -2.38. The zero-order valence-corrected chi connectivity index (χ0v) is 21.2. The van der Waals surface area contributed by atoms with Crippen LogP contribution in [0.4, 0.5) is 5.69 Å². The second-order valence-corrected chi connectivity index (χ2v) is 10.4. The average Bonchev–Trinajstić information content (AvgIpc) is 3.49.